The maximum absolute atomic E-state index is 12.6. The molecule has 24 heavy (non-hydrogen) atoms. The van der Waals surface area contributed by atoms with Crippen molar-refractivity contribution in [1.82, 2.24) is 9.13 Å². The van der Waals surface area contributed by atoms with E-state index in [1.165, 1.54) is 24.1 Å². The van der Waals surface area contributed by atoms with Crippen LogP contribution >= 0.6 is 0 Å². The first-order chi connectivity index (χ1) is 11.5. The molecule has 1 aromatic carbocycles. The van der Waals surface area contributed by atoms with Crippen molar-refractivity contribution >= 4 is 0 Å². The van der Waals surface area contributed by atoms with Gasteiger partial charge in [0, 0.05) is 25.2 Å². The van der Waals surface area contributed by atoms with Crippen LogP contribution in [0.5, 0.6) is 0 Å². The topological polar surface area (TPSA) is 57.1 Å². The third kappa shape index (κ3) is 2.70. The Morgan fingerprint density at radius 1 is 0.958 bits per heavy atom. The molecule has 0 fully saturated rings. The van der Waals surface area contributed by atoms with Crippen LogP contribution in [0, 0.1) is 18.8 Å². The minimum Gasteiger partial charge on any atom is -0.472 e. The normalized spacial score (nSPS) is 10.3. The Labute approximate surface area is 138 Å². The van der Waals surface area contributed by atoms with Crippen molar-refractivity contribution < 1.29 is 4.42 Å². The fourth-order valence-corrected chi connectivity index (χ4v) is 2.43. The van der Waals surface area contributed by atoms with Crippen molar-refractivity contribution in [3.8, 4) is 23.0 Å². The van der Waals surface area contributed by atoms with E-state index in [0.717, 1.165) is 15.7 Å². The SMILES string of the molecule is Cc1ccc(C#Cc2c(-c3ccoc3)c(=O)n(C)c(=O)n2C)cc1. The van der Waals surface area contributed by atoms with Gasteiger partial charge in [0.1, 0.15) is 5.69 Å². The first-order valence-corrected chi connectivity index (χ1v) is 7.40. The van der Waals surface area contributed by atoms with Crippen LogP contribution in [0.25, 0.3) is 11.1 Å². The van der Waals surface area contributed by atoms with Crippen LogP contribution in [-0.4, -0.2) is 9.13 Å². The summed E-state index contributed by atoms with van der Waals surface area (Å²) in [5.41, 5.74) is 2.46. The molecule has 0 amide bonds. The summed E-state index contributed by atoms with van der Waals surface area (Å²) in [6.45, 7) is 2.00. The molecule has 0 aliphatic carbocycles. The number of hydrogen-bond acceptors (Lipinski definition) is 3. The van der Waals surface area contributed by atoms with E-state index < -0.39 is 11.2 Å². The standard InChI is InChI=1S/C19H16N2O3/c1-13-4-6-14(7-5-13)8-9-16-17(15-10-11-24-12-15)18(22)21(3)19(23)20(16)2/h4-7,10-12H,1-3H3. The summed E-state index contributed by atoms with van der Waals surface area (Å²) in [7, 11) is 3.05. The van der Waals surface area contributed by atoms with Crippen LogP contribution in [0.2, 0.25) is 0 Å². The summed E-state index contributed by atoms with van der Waals surface area (Å²) in [4.78, 5) is 24.8. The predicted octanol–water partition coefficient (Wildman–Crippen LogP) is 2.05. The van der Waals surface area contributed by atoms with Gasteiger partial charge in [0.25, 0.3) is 5.56 Å². The minimum absolute atomic E-state index is 0.355. The maximum Gasteiger partial charge on any atom is 0.331 e. The highest BCUT2D eigenvalue weighted by atomic mass is 16.3. The molecule has 5 heteroatoms. The molecular formula is C19H16N2O3. The van der Waals surface area contributed by atoms with E-state index in [2.05, 4.69) is 11.8 Å². The number of furan rings is 1. The van der Waals surface area contributed by atoms with Crippen molar-refractivity contribution in [2.75, 3.05) is 0 Å². The van der Waals surface area contributed by atoms with Crippen LogP contribution in [0.4, 0.5) is 0 Å². The van der Waals surface area contributed by atoms with Crippen LogP contribution in [0.15, 0.2) is 56.9 Å². The molecule has 0 bridgehead atoms. The molecule has 3 rings (SSSR count). The Bertz CT molecular complexity index is 1060. The number of aromatic nitrogens is 2. The van der Waals surface area contributed by atoms with Gasteiger partial charge in [-0.1, -0.05) is 23.6 Å². The molecule has 0 aliphatic heterocycles. The molecule has 0 saturated heterocycles. The summed E-state index contributed by atoms with van der Waals surface area (Å²) in [5.74, 6) is 5.99. The van der Waals surface area contributed by atoms with E-state index in [0.29, 0.717) is 16.8 Å². The van der Waals surface area contributed by atoms with Gasteiger partial charge >= 0.3 is 5.69 Å². The Kier molecular flexibility index (Phi) is 3.97. The zero-order chi connectivity index (χ0) is 17.3. The average Bonchev–Trinajstić information content (AvgIpc) is 3.10. The zero-order valence-corrected chi connectivity index (χ0v) is 13.7. The van der Waals surface area contributed by atoms with Gasteiger partial charge in [0.15, 0.2) is 0 Å². The summed E-state index contributed by atoms with van der Waals surface area (Å²) in [6.07, 6.45) is 2.95. The molecule has 5 nitrogen and oxygen atoms in total. The lowest BCUT2D eigenvalue weighted by Gasteiger charge is -2.09. The largest absolute Gasteiger partial charge is 0.472 e. The van der Waals surface area contributed by atoms with E-state index >= 15 is 0 Å². The molecule has 3 aromatic rings. The van der Waals surface area contributed by atoms with Gasteiger partial charge in [0.2, 0.25) is 0 Å². The van der Waals surface area contributed by atoms with Gasteiger partial charge in [0.05, 0.1) is 18.1 Å². The van der Waals surface area contributed by atoms with Crippen LogP contribution in [-0.2, 0) is 14.1 Å². The van der Waals surface area contributed by atoms with Gasteiger partial charge in [-0.2, -0.15) is 0 Å². The molecule has 2 heterocycles. The van der Waals surface area contributed by atoms with E-state index in [1.54, 1.807) is 13.1 Å². The van der Waals surface area contributed by atoms with E-state index in [1.807, 2.05) is 31.2 Å². The van der Waals surface area contributed by atoms with Crippen molar-refractivity contribution in [3.05, 3.63) is 80.5 Å². The molecular weight excluding hydrogens is 304 g/mol. The zero-order valence-electron chi connectivity index (χ0n) is 13.7. The second-order valence-corrected chi connectivity index (χ2v) is 5.56. The van der Waals surface area contributed by atoms with Gasteiger partial charge in [-0.05, 0) is 31.0 Å². The second-order valence-electron chi connectivity index (χ2n) is 5.56. The second kappa shape index (κ2) is 6.09. The molecule has 0 spiro atoms. The smallest absolute Gasteiger partial charge is 0.331 e. The van der Waals surface area contributed by atoms with Gasteiger partial charge < -0.3 is 4.42 Å². The molecule has 120 valence electrons. The first kappa shape index (κ1) is 15.6. The fourth-order valence-electron chi connectivity index (χ4n) is 2.43. The van der Waals surface area contributed by atoms with E-state index in [9.17, 15) is 9.59 Å². The summed E-state index contributed by atoms with van der Waals surface area (Å²) in [5, 5.41) is 0. The van der Waals surface area contributed by atoms with Gasteiger partial charge in [-0.3, -0.25) is 13.9 Å². The number of nitrogens with zero attached hydrogens (tertiary/aromatic N) is 2. The highest BCUT2D eigenvalue weighted by Crippen LogP contribution is 2.18. The lowest BCUT2D eigenvalue weighted by atomic mass is 10.1. The average molecular weight is 320 g/mol. The Morgan fingerprint density at radius 3 is 2.29 bits per heavy atom. The van der Waals surface area contributed by atoms with Crippen molar-refractivity contribution in [1.29, 1.82) is 0 Å². The lowest BCUT2D eigenvalue weighted by molar-refractivity contribution is 0.568. The van der Waals surface area contributed by atoms with Crippen molar-refractivity contribution in [2.45, 2.75) is 6.92 Å². The monoisotopic (exact) mass is 320 g/mol. The number of benzene rings is 1. The summed E-state index contributed by atoms with van der Waals surface area (Å²) < 4.78 is 7.53. The molecule has 0 unspecified atom stereocenters. The first-order valence-electron chi connectivity index (χ1n) is 7.40. The molecule has 0 atom stereocenters. The van der Waals surface area contributed by atoms with Crippen molar-refractivity contribution in [2.24, 2.45) is 14.1 Å². The Hall–Kier alpha value is -3.26. The molecule has 0 aliphatic rings. The summed E-state index contributed by atoms with van der Waals surface area (Å²) in [6, 6.07) is 9.41. The third-order valence-electron chi connectivity index (χ3n) is 3.85. The quantitative estimate of drug-likeness (QED) is 0.645. The molecule has 0 N–H and O–H groups in total. The Balaban J connectivity index is 2.26. The Morgan fingerprint density at radius 2 is 1.67 bits per heavy atom. The number of rotatable bonds is 1. The van der Waals surface area contributed by atoms with Crippen molar-refractivity contribution in [3.63, 3.8) is 0 Å². The highest BCUT2D eigenvalue weighted by Gasteiger charge is 2.16. The molecule has 0 saturated carbocycles. The molecule has 2 aromatic heterocycles. The number of hydrogen-bond donors (Lipinski definition) is 0. The minimum atomic E-state index is -0.416. The maximum atomic E-state index is 12.6. The van der Waals surface area contributed by atoms with Gasteiger partial charge in [-0.15, -0.1) is 0 Å². The predicted molar refractivity (Wildman–Crippen MR) is 91.8 cm³/mol. The van der Waals surface area contributed by atoms with Crippen LogP contribution < -0.4 is 11.2 Å². The van der Waals surface area contributed by atoms with E-state index in [4.69, 9.17) is 4.42 Å². The van der Waals surface area contributed by atoms with Crippen LogP contribution in [0.3, 0.4) is 0 Å². The summed E-state index contributed by atoms with van der Waals surface area (Å²) >= 11 is 0. The third-order valence-corrected chi connectivity index (χ3v) is 3.85. The molecule has 0 radical (unpaired) electrons. The van der Waals surface area contributed by atoms with E-state index in [-0.39, 0.29) is 0 Å². The number of aryl methyl sites for hydroxylation is 1. The fraction of sp³-hybridized carbons (Fsp3) is 0.158. The van der Waals surface area contributed by atoms with Gasteiger partial charge in [-0.25, -0.2) is 4.79 Å². The highest BCUT2D eigenvalue weighted by molar-refractivity contribution is 5.68. The lowest BCUT2D eigenvalue weighted by Crippen LogP contribution is -2.39. The van der Waals surface area contributed by atoms with Crippen LogP contribution in [0.1, 0.15) is 16.8 Å².